The Morgan fingerprint density at radius 3 is 2.44 bits per heavy atom. The quantitative estimate of drug-likeness (QED) is 0.795. The van der Waals surface area contributed by atoms with Crippen LogP contribution in [0.2, 0.25) is 5.02 Å². The predicted molar refractivity (Wildman–Crippen MR) is 103 cm³/mol. The molecule has 0 unspecified atom stereocenters. The lowest BCUT2D eigenvalue weighted by molar-refractivity contribution is 0.185. The van der Waals surface area contributed by atoms with Crippen LogP contribution in [0.25, 0.3) is 0 Å². The van der Waals surface area contributed by atoms with Crippen molar-refractivity contribution in [2.75, 3.05) is 13.1 Å². The fourth-order valence-electron chi connectivity index (χ4n) is 4.19. The van der Waals surface area contributed by atoms with Gasteiger partial charge in [0.15, 0.2) is 0 Å². The Morgan fingerprint density at radius 1 is 1.22 bits per heavy atom. The van der Waals surface area contributed by atoms with Crippen molar-refractivity contribution >= 4 is 11.6 Å². The maximum Gasteiger partial charge on any atom is 0.201 e. The van der Waals surface area contributed by atoms with Gasteiger partial charge >= 0.3 is 0 Å². The van der Waals surface area contributed by atoms with Crippen LogP contribution in [0.15, 0.2) is 47.2 Å². The van der Waals surface area contributed by atoms with E-state index in [1.807, 2.05) is 30.3 Å². The van der Waals surface area contributed by atoms with E-state index in [1.165, 1.54) is 0 Å². The predicted octanol–water partition coefficient (Wildman–Crippen LogP) is 3.47. The number of allylic oxidation sites excluding steroid dienone is 2. The average molecular weight is 378 g/mol. The van der Waals surface area contributed by atoms with E-state index < -0.39 is 5.41 Å². The zero-order chi connectivity index (χ0) is 19.8. The van der Waals surface area contributed by atoms with Crippen LogP contribution >= 0.6 is 11.6 Å². The molecular weight excluding hydrogens is 358 g/mol. The van der Waals surface area contributed by atoms with E-state index in [9.17, 15) is 15.8 Å². The van der Waals surface area contributed by atoms with Gasteiger partial charge in [0.1, 0.15) is 0 Å². The Bertz CT molecular complexity index is 940. The lowest BCUT2D eigenvalue weighted by Gasteiger charge is -2.46. The lowest BCUT2D eigenvalue weighted by Crippen LogP contribution is -2.48. The number of hydrogen-bond acceptors (Lipinski definition) is 5. The molecule has 5 nitrogen and oxygen atoms in total. The van der Waals surface area contributed by atoms with E-state index >= 15 is 0 Å². The summed E-state index contributed by atoms with van der Waals surface area (Å²) in [6.07, 6.45) is 1.92. The maximum atomic E-state index is 9.89. The van der Waals surface area contributed by atoms with Gasteiger partial charge in [-0.25, -0.2) is 0 Å². The number of nitrogens with two attached hydrogens (primary N) is 1. The molecule has 2 N–H and O–H groups in total. The number of halogens is 1. The molecule has 0 fully saturated rings. The summed E-state index contributed by atoms with van der Waals surface area (Å²) in [5, 5.41) is 30.1. The van der Waals surface area contributed by atoms with Gasteiger partial charge in [-0.2, -0.15) is 15.8 Å². The first-order valence-electron chi connectivity index (χ1n) is 8.83. The third kappa shape index (κ3) is 2.79. The SMILES string of the molecule is CC(C)N1CC=C2[C@H](C1)[C@H](c1ccccc1Cl)C(N)=C(C#N)C2(C#N)C#N. The average Bonchev–Trinajstić information content (AvgIpc) is 2.67. The van der Waals surface area contributed by atoms with Crippen molar-refractivity contribution in [3.8, 4) is 18.2 Å². The Kier molecular flexibility index (Phi) is 4.99. The molecule has 0 radical (unpaired) electrons. The van der Waals surface area contributed by atoms with E-state index in [1.54, 1.807) is 6.07 Å². The van der Waals surface area contributed by atoms with Crippen molar-refractivity contribution in [2.45, 2.75) is 25.8 Å². The van der Waals surface area contributed by atoms with Gasteiger partial charge in [0.2, 0.25) is 5.41 Å². The van der Waals surface area contributed by atoms with Gasteiger partial charge in [0.25, 0.3) is 0 Å². The molecule has 1 aromatic rings. The second kappa shape index (κ2) is 7.09. The fourth-order valence-corrected chi connectivity index (χ4v) is 4.44. The molecule has 136 valence electrons. The first-order valence-corrected chi connectivity index (χ1v) is 9.20. The highest BCUT2D eigenvalue weighted by atomic mass is 35.5. The standard InChI is InChI=1S/C21H20ClN5/c1-13(2)27-8-7-16-15(10-27)19(14-5-3-4-6-18(14)22)20(26)17(9-23)21(16,11-24)12-25/h3-7,13,15,19H,8,10,26H2,1-2H3/t15-,19-/m0/s1. The van der Waals surface area contributed by atoms with Crippen LogP contribution in [0.4, 0.5) is 0 Å². The monoisotopic (exact) mass is 377 g/mol. The summed E-state index contributed by atoms with van der Waals surface area (Å²) < 4.78 is 0. The van der Waals surface area contributed by atoms with Crippen LogP contribution in [-0.4, -0.2) is 24.0 Å². The minimum atomic E-state index is -1.63. The van der Waals surface area contributed by atoms with E-state index in [4.69, 9.17) is 17.3 Å². The minimum Gasteiger partial charge on any atom is -0.401 e. The van der Waals surface area contributed by atoms with Crippen LogP contribution < -0.4 is 5.73 Å². The third-order valence-corrected chi connectivity index (χ3v) is 5.97. The van der Waals surface area contributed by atoms with Gasteiger partial charge in [-0.3, -0.25) is 4.90 Å². The summed E-state index contributed by atoms with van der Waals surface area (Å²) in [5.74, 6) is -0.548. The molecule has 1 aromatic carbocycles. The van der Waals surface area contributed by atoms with Gasteiger partial charge < -0.3 is 5.73 Å². The van der Waals surface area contributed by atoms with Crippen molar-refractivity contribution < 1.29 is 0 Å². The number of nitrogens with zero attached hydrogens (tertiary/aromatic N) is 4. The van der Waals surface area contributed by atoms with E-state index in [0.29, 0.717) is 29.7 Å². The van der Waals surface area contributed by atoms with Crippen molar-refractivity contribution in [3.05, 3.63) is 57.8 Å². The van der Waals surface area contributed by atoms with Crippen molar-refractivity contribution in [3.63, 3.8) is 0 Å². The normalized spacial score (nSPS) is 24.4. The zero-order valence-corrected chi connectivity index (χ0v) is 16.0. The molecule has 1 aliphatic carbocycles. The van der Waals surface area contributed by atoms with Crippen LogP contribution in [0.1, 0.15) is 25.3 Å². The van der Waals surface area contributed by atoms with Crippen LogP contribution in [-0.2, 0) is 0 Å². The Labute approximate surface area is 164 Å². The van der Waals surface area contributed by atoms with Crippen molar-refractivity contribution in [1.29, 1.82) is 15.8 Å². The molecule has 6 heteroatoms. The van der Waals surface area contributed by atoms with Crippen LogP contribution in [0.5, 0.6) is 0 Å². The summed E-state index contributed by atoms with van der Waals surface area (Å²) in [5.41, 5.74) is 6.58. The van der Waals surface area contributed by atoms with Gasteiger partial charge in [-0.05, 0) is 31.1 Å². The van der Waals surface area contributed by atoms with E-state index in [2.05, 4.69) is 30.9 Å². The number of benzene rings is 1. The Balaban J connectivity index is 2.31. The molecule has 3 rings (SSSR count). The Hall–Kier alpha value is -2.78. The number of fused-ring (bicyclic) bond motifs is 1. The summed E-state index contributed by atoms with van der Waals surface area (Å²) in [6, 6.07) is 13.9. The highest BCUT2D eigenvalue weighted by Gasteiger charge is 2.53. The molecule has 0 amide bonds. The lowest BCUT2D eigenvalue weighted by atomic mass is 9.59. The molecule has 27 heavy (non-hydrogen) atoms. The van der Waals surface area contributed by atoms with Crippen LogP contribution in [0.3, 0.4) is 0 Å². The summed E-state index contributed by atoms with van der Waals surface area (Å²) in [4.78, 5) is 2.27. The second-order valence-corrected chi connectivity index (χ2v) is 7.64. The molecule has 2 atom stereocenters. The highest BCUT2D eigenvalue weighted by Crippen LogP contribution is 2.53. The van der Waals surface area contributed by atoms with E-state index in [-0.39, 0.29) is 23.1 Å². The molecule has 0 aromatic heterocycles. The summed E-state index contributed by atoms with van der Waals surface area (Å²) in [7, 11) is 0. The van der Waals surface area contributed by atoms with Crippen molar-refractivity contribution in [2.24, 2.45) is 17.1 Å². The summed E-state index contributed by atoms with van der Waals surface area (Å²) in [6.45, 7) is 5.48. The molecule has 1 aliphatic heterocycles. The number of hydrogen-bond donors (Lipinski definition) is 1. The van der Waals surface area contributed by atoms with Gasteiger partial charge in [0.05, 0.1) is 23.8 Å². The van der Waals surface area contributed by atoms with Gasteiger partial charge in [-0.1, -0.05) is 35.9 Å². The highest BCUT2D eigenvalue weighted by molar-refractivity contribution is 6.31. The molecule has 1 heterocycles. The summed E-state index contributed by atoms with van der Waals surface area (Å²) >= 11 is 6.46. The molecule has 0 spiro atoms. The second-order valence-electron chi connectivity index (χ2n) is 7.23. The minimum absolute atomic E-state index is 0.0258. The first kappa shape index (κ1) is 19.0. The molecule has 0 saturated carbocycles. The smallest absolute Gasteiger partial charge is 0.201 e. The van der Waals surface area contributed by atoms with Crippen LogP contribution in [0, 0.1) is 45.3 Å². The third-order valence-electron chi connectivity index (χ3n) is 5.63. The molecule has 0 saturated heterocycles. The fraction of sp³-hybridized carbons (Fsp3) is 0.381. The molecule has 0 bridgehead atoms. The zero-order valence-electron chi connectivity index (χ0n) is 15.3. The van der Waals surface area contributed by atoms with E-state index in [0.717, 1.165) is 5.56 Å². The van der Waals surface area contributed by atoms with Gasteiger partial charge in [-0.15, -0.1) is 0 Å². The van der Waals surface area contributed by atoms with Gasteiger partial charge in [0, 0.05) is 41.7 Å². The first-order chi connectivity index (χ1) is 12.9. The largest absolute Gasteiger partial charge is 0.401 e. The molecule has 2 aliphatic rings. The number of nitriles is 3. The molecular formula is C21H20ClN5. The maximum absolute atomic E-state index is 9.89. The van der Waals surface area contributed by atoms with Crippen molar-refractivity contribution in [1.82, 2.24) is 4.90 Å². The number of rotatable bonds is 2. The Morgan fingerprint density at radius 2 is 1.89 bits per heavy atom. The topological polar surface area (TPSA) is 101 Å².